The number of esters is 1. The Hall–Kier alpha value is -3.42. The van der Waals surface area contributed by atoms with Crippen molar-refractivity contribution in [3.05, 3.63) is 61.7 Å². The molecule has 2 aliphatic carbocycles. The number of carbonyl (C=O) groups is 3. The van der Waals surface area contributed by atoms with Gasteiger partial charge in [-0.1, -0.05) is 44.9 Å². The first-order chi connectivity index (χ1) is 23.2. The molecule has 3 aromatic rings. The van der Waals surface area contributed by atoms with E-state index in [9.17, 15) is 24.3 Å². The summed E-state index contributed by atoms with van der Waals surface area (Å²) in [7, 11) is 2.70. The Balaban J connectivity index is 1.25. The number of nitrogens with zero attached hydrogens (tertiary/aromatic N) is 2. The lowest BCUT2D eigenvalue weighted by Crippen LogP contribution is -2.44. The van der Waals surface area contributed by atoms with Crippen LogP contribution in [0, 0.1) is 18.2 Å². The molecule has 2 aromatic heterocycles. The summed E-state index contributed by atoms with van der Waals surface area (Å²) < 4.78 is 28.1. The van der Waals surface area contributed by atoms with Gasteiger partial charge in [0.05, 0.1) is 40.3 Å². The molecular formula is C36H40FN3O7S2. The molecule has 1 aromatic carbocycles. The van der Waals surface area contributed by atoms with Crippen LogP contribution in [0.5, 0.6) is 0 Å². The van der Waals surface area contributed by atoms with Gasteiger partial charge >= 0.3 is 12.1 Å². The molecule has 260 valence electrons. The van der Waals surface area contributed by atoms with Gasteiger partial charge in [0.1, 0.15) is 18.5 Å². The number of nitrogens with one attached hydrogen (secondary N) is 1. The Morgan fingerprint density at radius 3 is 2.65 bits per heavy atom. The van der Waals surface area contributed by atoms with E-state index in [0.717, 1.165) is 41.3 Å². The third-order valence-corrected chi connectivity index (χ3v) is 13.6. The monoisotopic (exact) mass is 709 g/mol. The van der Waals surface area contributed by atoms with Crippen molar-refractivity contribution in [3.8, 4) is 11.4 Å². The summed E-state index contributed by atoms with van der Waals surface area (Å²) in [6.07, 6.45) is 3.55. The minimum absolute atomic E-state index is 0.0128. The topological polar surface area (TPSA) is 137 Å². The molecule has 2 aliphatic heterocycles. The number of alkyl carbamates (subject to hydrolysis) is 1. The molecule has 4 atom stereocenters. The number of benzene rings is 1. The number of cyclic esters (lactones) is 1. The number of hydrogen-bond acceptors (Lipinski definition) is 10. The molecule has 0 bridgehead atoms. The van der Waals surface area contributed by atoms with Crippen molar-refractivity contribution in [2.24, 2.45) is 5.41 Å². The van der Waals surface area contributed by atoms with Crippen LogP contribution in [0.25, 0.3) is 22.3 Å². The number of aryl methyl sites for hydroxylation is 1. The zero-order valence-corrected chi connectivity index (χ0v) is 29.9. The van der Waals surface area contributed by atoms with Crippen molar-refractivity contribution in [1.29, 1.82) is 0 Å². The fraction of sp³-hybridized carbons (Fsp3) is 0.528. The standard InChI is InChI=1S/C36H40FN3O7S2/c1-6-36(45)21-13-25-30-19(15-40(25)31(41)20(21)16-46-32(36)42)29-23(12-11-18-17(2)22(37)14-24(38-30)28(18)29)39-34(44)47-26-9-7-8-10-27(26)48-49-33(43)35(3,4)5/h13-14,23,26-27,45H,6-12,15-16H2,1-5H3,(H,39,44)/t23-,26-,27-,36-/m0/s1. The molecule has 7 rings (SSSR count). The SMILES string of the molecule is CC[C@@]1(O)C(=O)OCc2c1cc1n(c2=O)Cc2c-1nc1cc(F)c(C)c3c1c2[C@@H](NC(=O)O[C@H]1CCCC[C@@H]1SSC(=O)C(C)(C)C)CC3. The Bertz CT molecular complexity index is 1990. The summed E-state index contributed by atoms with van der Waals surface area (Å²) in [4.78, 5) is 57.7. The number of pyridine rings is 2. The van der Waals surface area contributed by atoms with Gasteiger partial charge in [0.2, 0.25) is 5.12 Å². The van der Waals surface area contributed by atoms with E-state index in [4.69, 9.17) is 14.5 Å². The van der Waals surface area contributed by atoms with Gasteiger partial charge in [0.15, 0.2) is 5.60 Å². The number of ether oxygens (including phenoxy) is 2. The predicted molar refractivity (Wildman–Crippen MR) is 186 cm³/mol. The minimum Gasteiger partial charge on any atom is -0.458 e. The molecule has 49 heavy (non-hydrogen) atoms. The van der Waals surface area contributed by atoms with Crippen LogP contribution >= 0.6 is 21.6 Å². The molecule has 13 heteroatoms. The largest absolute Gasteiger partial charge is 0.458 e. The van der Waals surface area contributed by atoms with E-state index in [-0.39, 0.29) is 53.0 Å². The number of rotatable bonds is 5. The third kappa shape index (κ3) is 5.65. The van der Waals surface area contributed by atoms with E-state index in [1.165, 1.54) is 27.7 Å². The van der Waals surface area contributed by atoms with Gasteiger partial charge in [-0.3, -0.25) is 9.59 Å². The van der Waals surface area contributed by atoms with Gasteiger partial charge in [-0.2, -0.15) is 0 Å². The Labute approximate surface area is 291 Å². The molecular weight excluding hydrogens is 670 g/mol. The smallest absolute Gasteiger partial charge is 0.407 e. The maximum absolute atomic E-state index is 15.3. The third-order valence-electron chi connectivity index (χ3n) is 10.4. The Morgan fingerprint density at radius 2 is 1.92 bits per heavy atom. The first-order valence-electron chi connectivity index (χ1n) is 16.9. The second kappa shape index (κ2) is 12.4. The Kier molecular flexibility index (Phi) is 8.63. The maximum atomic E-state index is 15.3. The second-order valence-corrected chi connectivity index (χ2v) is 16.9. The first kappa shape index (κ1) is 34.0. The summed E-state index contributed by atoms with van der Waals surface area (Å²) in [6.45, 7) is 8.95. The van der Waals surface area contributed by atoms with Crippen LogP contribution in [-0.4, -0.2) is 43.2 Å². The van der Waals surface area contributed by atoms with E-state index >= 15 is 4.39 Å². The molecule has 0 saturated heterocycles. The van der Waals surface area contributed by atoms with E-state index in [1.54, 1.807) is 24.5 Å². The summed E-state index contributed by atoms with van der Waals surface area (Å²) >= 11 is 0. The summed E-state index contributed by atoms with van der Waals surface area (Å²) in [6, 6.07) is 2.51. The maximum Gasteiger partial charge on any atom is 0.407 e. The highest BCUT2D eigenvalue weighted by molar-refractivity contribution is 8.82. The number of fused-ring (bicyclic) bond motifs is 5. The van der Waals surface area contributed by atoms with Gasteiger partial charge < -0.3 is 24.5 Å². The molecule has 0 unspecified atom stereocenters. The molecule has 4 heterocycles. The van der Waals surface area contributed by atoms with Crippen LogP contribution in [0.15, 0.2) is 16.9 Å². The van der Waals surface area contributed by atoms with Crippen LogP contribution < -0.4 is 10.9 Å². The van der Waals surface area contributed by atoms with Crippen molar-refractivity contribution in [2.45, 2.75) is 116 Å². The minimum atomic E-state index is -1.98. The number of aliphatic hydroxyl groups is 1. The highest BCUT2D eigenvalue weighted by Crippen LogP contribution is 2.46. The molecule has 4 aliphatic rings. The summed E-state index contributed by atoms with van der Waals surface area (Å²) in [5.74, 6) is -1.20. The van der Waals surface area contributed by atoms with Crippen LogP contribution in [0.1, 0.15) is 106 Å². The van der Waals surface area contributed by atoms with Crippen LogP contribution in [-0.2, 0) is 44.2 Å². The van der Waals surface area contributed by atoms with E-state index < -0.39 is 34.7 Å². The first-order valence-corrected chi connectivity index (χ1v) is 19.1. The lowest BCUT2D eigenvalue weighted by atomic mass is 9.81. The van der Waals surface area contributed by atoms with Gasteiger partial charge in [0, 0.05) is 28.0 Å². The van der Waals surface area contributed by atoms with Gasteiger partial charge in [-0.15, -0.1) is 0 Å². The van der Waals surface area contributed by atoms with Crippen molar-refractivity contribution in [1.82, 2.24) is 14.9 Å². The van der Waals surface area contributed by atoms with E-state index in [2.05, 4.69) is 5.32 Å². The number of aromatic nitrogens is 2. The highest BCUT2D eigenvalue weighted by atomic mass is 33.1. The van der Waals surface area contributed by atoms with Gasteiger partial charge in [0.25, 0.3) is 5.56 Å². The van der Waals surface area contributed by atoms with Crippen LogP contribution in [0.2, 0.25) is 0 Å². The lowest BCUT2D eigenvalue weighted by Gasteiger charge is -2.33. The fourth-order valence-electron chi connectivity index (χ4n) is 7.55. The summed E-state index contributed by atoms with van der Waals surface area (Å²) in [5.41, 5.74) is 1.65. The molecule has 1 saturated carbocycles. The second-order valence-electron chi connectivity index (χ2n) is 14.5. The van der Waals surface area contributed by atoms with E-state index in [0.29, 0.717) is 41.7 Å². The quantitative estimate of drug-likeness (QED) is 0.174. The van der Waals surface area contributed by atoms with E-state index in [1.807, 2.05) is 20.8 Å². The van der Waals surface area contributed by atoms with Crippen LogP contribution in [0.3, 0.4) is 0 Å². The number of hydrogen-bond donors (Lipinski definition) is 2. The molecule has 0 radical (unpaired) electrons. The fourth-order valence-corrected chi connectivity index (χ4v) is 10.6. The average molecular weight is 710 g/mol. The van der Waals surface area contributed by atoms with Gasteiger partial charge in [-0.05, 0) is 79.0 Å². The predicted octanol–water partition coefficient (Wildman–Crippen LogP) is 6.51. The molecule has 0 spiro atoms. The molecule has 1 fully saturated rings. The van der Waals surface area contributed by atoms with Crippen molar-refractivity contribution < 1.29 is 33.4 Å². The molecule has 1 amide bonds. The van der Waals surface area contributed by atoms with Crippen molar-refractivity contribution in [3.63, 3.8) is 0 Å². The number of halogens is 1. The highest BCUT2D eigenvalue weighted by Gasteiger charge is 2.46. The molecule has 2 N–H and O–H groups in total. The normalized spacial score (nSPS) is 24.1. The van der Waals surface area contributed by atoms with Crippen molar-refractivity contribution in [2.75, 3.05) is 0 Å². The number of amides is 1. The van der Waals surface area contributed by atoms with Crippen molar-refractivity contribution >= 4 is 49.7 Å². The lowest BCUT2D eigenvalue weighted by molar-refractivity contribution is -0.172. The summed E-state index contributed by atoms with van der Waals surface area (Å²) in [5, 5.41) is 15.2. The molecule has 10 nitrogen and oxygen atoms in total. The van der Waals surface area contributed by atoms with Crippen LogP contribution in [0.4, 0.5) is 9.18 Å². The average Bonchev–Trinajstić information content (AvgIpc) is 3.43. The zero-order chi connectivity index (χ0) is 35.0. The van der Waals surface area contributed by atoms with Gasteiger partial charge in [-0.25, -0.2) is 19.0 Å². The Morgan fingerprint density at radius 1 is 1.16 bits per heavy atom. The number of carbonyl (C=O) groups excluding carboxylic acids is 3. The zero-order valence-electron chi connectivity index (χ0n) is 28.2.